The molecule has 1 amide bonds. The second kappa shape index (κ2) is 14.5. The van der Waals surface area contributed by atoms with Crippen molar-refractivity contribution >= 4 is 5.91 Å². The van der Waals surface area contributed by atoms with E-state index >= 15 is 0 Å². The normalized spacial score (nSPS) is 10.7. The van der Waals surface area contributed by atoms with E-state index in [2.05, 4.69) is 12.2 Å². The molecule has 0 aromatic rings. The Morgan fingerprint density at radius 3 is 1.72 bits per heavy atom. The first-order valence-corrected chi connectivity index (χ1v) is 7.76. The van der Waals surface area contributed by atoms with Crippen molar-refractivity contribution in [3.8, 4) is 0 Å². The highest BCUT2D eigenvalue weighted by molar-refractivity contribution is 5.75. The van der Waals surface area contributed by atoms with Gasteiger partial charge in [0.2, 0.25) is 5.91 Å². The van der Waals surface area contributed by atoms with E-state index in [9.17, 15) is 4.79 Å². The molecule has 0 atom stereocenters. The van der Waals surface area contributed by atoms with Gasteiger partial charge in [-0.2, -0.15) is 0 Å². The van der Waals surface area contributed by atoms with Crippen LogP contribution >= 0.6 is 0 Å². The van der Waals surface area contributed by atoms with Crippen LogP contribution in [0.15, 0.2) is 0 Å². The van der Waals surface area contributed by atoms with Gasteiger partial charge in [0, 0.05) is 0 Å². The number of primary amides is 1. The summed E-state index contributed by atoms with van der Waals surface area (Å²) in [5.74, 6) is -0.266. The zero-order chi connectivity index (χ0) is 13.5. The van der Waals surface area contributed by atoms with Crippen LogP contribution in [0, 0.1) is 0 Å². The summed E-state index contributed by atoms with van der Waals surface area (Å²) in [7, 11) is 0. The number of unbranched alkanes of at least 4 members (excludes halogenated alkanes) is 10. The van der Waals surface area contributed by atoms with E-state index in [-0.39, 0.29) is 5.91 Å². The first-order valence-electron chi connectivity index (χ1n) is 7.76. The lowest BCUT2D eigenvalue weighted by Crippen LogP contribution is -2.29. The van der Waals surface area contributed by atoms with Gasteiger partial charge in [-0.3, -0.25) is 4.79 Å². The number of rotatable bonds is 14. The average molecular weight is 256 g/mol. The summed E-state index contributed by atoms with van der Waals surface area (Å²) in [6.07, 6.45) is 14.9. The summed E-state index contributed by atoms with van der Waals surface area (Å²) in [6.45, 7) is 3.50. The van der Waals surface area contributed by atoms with Gasteiger partial charge in [0.1, 0.15) is 0 Å². The molecule has 0 saturated heterocycles. The second-order valence-corrected chi connectivity index (χ2v) is 5.18. The quantitative estimate of drug-likeness (QED) is 0.468. The fraction of sp³-hybridized carbons (Fsp3) is 0.933. The third kappa shape index (κ3) is 15.4. The molecule has 0 spiro atoms. The standard InChI is InChI=1S/C15H32N2O/c1-2-3-4-5-6-7-8-9-10-11-12-13-17-14-15(16)18/h17H,2-14H2,1H3,(H2,16,18). The molecule has 0 radical (unpaired) electrons. The number of hydrogen-bond donors (Lipinski definition) is 2. The minimum atomic E-state index is -0.266. The molecule has 3 N–H and O–H groups in total. The van der Waals surface area contributed by atoms with Gasteiger partial charge in [0.15, 0.2) is 0 Å². The van der Waals surface area contributed by atoms with Crippen molar-refractivity contribution in [1.82, 2.24) is 5.32 Å². The number of carbonyl (C=O) groups is 1. The largest absolute Gasteiger partial charge is 0.369 e. The van der Waals surface area contributed by atoms with Crippen LogP contribution in [-0.4, -0.2) is 19.0 Å². The Balaban J connectivity index is 2.92. The maximum atomic E-state index is 10.5. The van der Waals surface area contributed by atoms with Crippen molar-refractivity contribution in [3.63, 3.8) is 0 Å². The summed E-state index contributed by atoms with van der Waals surface area (Å²) in [5.41, 5.74) is 5.03. The monoisotopic (exact) mass is 256 g/mol. The number of hydrogen-bond acceptors (Lipinski definition) is 2. The fourth-order valence-electron chi connectivity index (χ4n) is 2.13. The van der Waals surface area contributed by atoms with E-state index in [1.54, 1.807) is 0 Å². The van der Waals surface area contributed by atoms with E-state index in [1.807, 2.05) is 0 Å². The predicted molar refractivity (Wildman–Crippen MR) is 78.5 cm³/mol. The Kier molecular flexibility index (Phi) is 14.0. The van der Waals surface area contributed by atoms with Crippen LogP contribution in [-0.2, 0) is 4.79 Å². The highest BCUT2D eigenvalue weighted by Crippen LogP contribution is 2.10. The molecule has 108 valence electrons. The summed E-state index contributed by atoms with van der Waals surface area (Å²) in [5, 5.41) is 3.04. The van der Waals surface area contributed by atoms with Gasteiger partial charge in [-0.1, -0.05) is 71.1 Å². The van der Waals surface area contributed by atoms with Crippen LogP contribution in [0.3, 0.4) is 0 Å². The molecule has 0 saturated carbocycles. The van der Waals surface area contributed by atoms with Crippen molar-refractivity contribution in [2.75, 3.05) is 13.1 Å². The van der Waals surface area contributed by atoms with Crippen LogP contribution in [0.5, 0.6) is 0 Å². The SMILES string of the molecule is CCCCCCCCCCCCCNCC(N)=O. The van der Waals surface area contributed by atoms with E-state index in [4.69, 9.17) is 5.73 Å². The number of amides is 1. The maximum absolute atomic E-state index is 10.5. The first kappa shape index (κ1) is 17.4. The van der Waals surface area contributed by atoms with Crippen molar-refractivity contribution in [1.29, 1.82) is 0 Å². The Morgan fingerprint density at radius 1 is 0.833 bits per heavy atom. The van der Waals surface area contributed by atoms with Crippen molar-refractivity contribution in [2.24, 2.45) is 5.73 Å². The summed E-state index contributed by atoms with van der Waals surface area (Å²) >= 11 is 0. The molecular weight excluding hydrogens is 224 g/mol. The second-order valence-electron chi connectivity index (χ2n) is 5.18. The van der Waals surface area contributed by atoms with E-state index in [0.29, 0.717) is 6.54 Å². The maximum Gasteiger partial charge on any atom is 0.231 e. The van der Waals surface area contributed by atoms with Crippen molar-refractivity contribution in [3.05, 3.63) is 0 Å². The minimum absolute atomic E-state index is 0.266. The van der Waals surface area contributed by atoms with Crippen LogP contribution in [0.25, 0.3) is 0 Å². The molecule has 0 aromatic carbocycles. The van der Waals surface area contributed by atoms with Gasteiger partial charge in [0.25, 0.3) is 0 Å². The number of nitrogens with two attached hydrogens (primary N) is 1. The highest BCUT2D eigenvalue weighted by atomic mass is 16.1. The molecule has 0 aromatic heterocycles. The molecular formula is C15H32N2O. The molecule has 0 fully saturated rings. The lowest BCUT2D eigenvalue weighted by atomic mass is 10.1. The fourth-order valence-corrected chi connectivity index (χ4v) is 2.13. The van der Waals surface area contributed by atoms with Crippen LogP contribution < -0.4 is 11.1 Å². The van der Waals surface area contributed by atoms with Crippen LogP contribution in [0.1, 0.15) is 77.6 Å². The molecule has 0 unspecified atom stereocenters. The van der Waals surface area contributed by atoms with Crippen LogP contribution in [0.4, 0.5) is 0 Å². The van der Waals surface area contributed by atoms with Gasteiger partial charge in [-0.15, -0.1) is 0 Å². The van der Waals surface area contributed by atoms with E-state index in [0.717, 1.165) is 13.0 Å². The zero-order valence-electron chi connectivity index (χ0n) is 12.2. The molecule has 0 rings (SSSR count). The Labute approximate surface area is 113 Å². The molecule has 3 heteroatoms. The number of carbonyl (C=O) groups excluding carboxylic acids is 1. The summed E-state index contributed by atoms with van der Waals surface area (Å²) < 4.78 is 0. The average Bonchev–Trinajstić information content (AvgIpc) is 2.34. The van der Waals surface area contributed by atoms with E-state index < -0.39 is 0 Å². The van der Waals surface area contributed by atoms with Gasteiger partial charge in [0.05, 0.1) is 6.54 Å². The number of nitrogens with one attached hydrogen (secondary N) is 1. The first-order chi connectivity index (χ1) is 8.77. The summed E-state index contributed by atoms with van der Waals surface area (Å²) in [4.78, 5) is 10.5. The van der Waals surface area contributed by atoms with E-state index in [1.165, 1.54) is 64.2 Å². The lowest BCUT2D eigenvalue weighted by molar-refractivity contribution is -0.117. The molecule has 18 heavy (non-hydrogen) atoms. The van der Waals surface area contributed by atoms with Gasteiger partial charge in [-0.25, -0.2) is 0 Å². The topological polar surface area (TPSA) is 55.1 Å². The minimum Gasteiger partial charge on any atom is -0.369 e. The molecule has 0 heterocycles. The van der Waals surface area contributed by atoms with Crippen molar-refractivity contribution in [2.45, 2.75) is 77.6 Å². The van der Waals surface area contributed by atoms with Gasteiger partial charge in [-0.05, 0) is 13.0 Å². The highest BCUT2D eigenvalue weighted by Gasteiger charge is 1.94. The van der Waals surface area contributed by atoms with Crippen molar-refractivity contribution < 1.29 is 4.79 Å². The lowest BCUT2D eigenvalue weighted by Gasteiger charge is -2.03. The summed E-state index contributed by atoms with van der Waals surface area (Å²) in [6, 6.07) is 0. The Morgan fingerprint density at radius 2 is 1.28 bits per heavy atom. The zero-order valence-corrected chi connectivity index (χ0v) is 12.2. The molecule has 0 aliphatic carbocycles. The Hall–Kier alpha value is -0.570. The molecule has 0 bridgehead atoms. The van der Waals surface area contributed by atoms with Gasteiger partial charge < -0.3 is 11.1 Å². The van der Waals surface area contributed by atoms with Crippen LogP contribution in [0.2, 0.25) is 0 Å². The molecule has 0 aliphatic heterocycles. The smallest absolute Gasteiger partial charge is 0.231 e. The molecule has 3 nitrogen and oxygen atoms in total. The Bertz CT molecular complexity index is 183. The van der Waals surface area contributed by atoms with Gasteiger partial charge >= 0.3 is 0 Å². The predicted octanol–water partition coefficient (Wildman–Crippen LogP) is 3.37. The third-order valence-electron chi connectivity index (χ3n) is 3.26. The third-order valence-corrected chi connectivity index (χ3v) is 3.26. The molecule has 0 aliphatic rings.